The Labute approximate surface area is 143 Å². The first-order valence-electron chi connectivity index (χ1n) is 8.84. The van der Waals surface area contributed by atoms with E-state index in [-0.39, 0.29) is 17.6 Å². The first kappa shape index (κ1) is 18.4. The zero-order valence-corrected chi connectivity index (χ0v) is 14.4. The topological polar surface area (TPSA) is 49.4 Å². The summed E-state index contributed by atoms with van der Waals surface area (Å²) in [4.78, 5) is 25.7. The Morgan fingerprint density at radius 3 is 2.46 bits per heavy atom. The van der Waals surface area contributed by atoms with Crippen molar-refractivity contribution in [2.45, 2.75) is 57.9 Å². The van der Waals surface area contributed by atoms with E-state index in [0.717, 1.165) is 31.2 Å². The van der Waals surface area contributed by atoms with Crippen LogP contribution in [-0.2, 0) is 16.0 Å². The van der Waals surface area contributed by atoms with Crippen LogP contribution in [0.3, 0.4) is 0 Å². The number of nitrogens with zero attached hydrogens (tertiary/aromatic N) is 1. The molecule has 1 aliphatic rings. The van der Waals surface area contributed by atoms with Gasteiger partial charge in [0.2, 0.25) is 11.8 Å². The number of nitrogens with one attached hydrogen (secondary N) is 1. The van der Waals surface area contributed by atoms with E-state index in [9.17, 15) is 14.0 Å². The Morgan fingerprint density at radius 2 is 1.83 bits per heavy atom. The Bertz CT molecular complexity index is 539. The molecule has 0 bridgehead atoms. The van der Waals surface area contributed by atoms with Crippen molar-refractivity contribution in [3.8, 4) is 0 Å². The summed E-state index contributed by atoms with van der Waals surface area (Å²) in [6.45, 7) is 2.59. The molecule has 4 nitrogen and oxygen atoms in total. The normalized spacial score (nSPS) is 15.1. The Morgan fingerprint density at radius 1 is 1.17 bits per heavy atom. The molecule has 0 aliphatic heterocycles. The molecule has 132 valence electrons. The molecule has 0 spiro atoms. The van der Waals surface area contributed by atoms with Gasteiger partial charge >= 0.3 is 0 Å². The van der Waals surface area contributed by atoms with Crippen molar-refractivity contribution in [3.05, 3.63) is 35.6 Å². The molecule has 2 rings (SSSR count). The summed E-state index contributed by atoms with van der Waals surface area (Å²) in [5.41, 5.74) is 0.990. The molecule has 0 saturated heterocycles. The van der Waals surface area contributed by atoms with Crippen LogP contribution in [0.5, 0.6) is 0 Å². The third-order valence-corrected chi connectivity index (χ3v) is 4.65. The molecule has 0 atom stereocenters. The van der Waals surface area contributed by atoms with Crippen molar-refractivity contribution in [2.75, 3.05) is 13.1 Å². The van der Waals surface area contributed by atoms with Crippen molar-refractivity contribution in [1.82, 2.24) is 10.2 Å². The average Bonchev–Trinajstić information content (AvgIpc) is 2.57. The summed E-state index contributed by atoms with van der Waals surface area (Å²) >= 11 is 0. The van der Waals surface area contributed by atoms with Gasteiger partial charge in [0.05, 0.1) is 0 Å². The van der Waals surface area contributed by atoms with Gasteiger partial charge in [0.15, 0.2) is 0 Å². The second-order valence-electron chi connectivity index (χ2n) is 6.48. The van der Waals surface area contributed by atoms with Crippen LogP contribution in [0, 0.1) is 5.82 Å². The fraction of sp³-hybridized carbons (Fsp3) is 0.579. The molecule has 24 heavy (non-hydrogen) atoms. The van der Waals surface area contributed by atoms with Gasteiger partial charge in [-0.25, -0.2) is 4.39 Å². The van der Waals surface area contributed by atoms with Gasteiger partial charge in [-0.15, -0.1) is 0 Å². The molecule has 1 aromatic carbocycles. The minimum atomic E-state index is -0.255. The predicted molar refractivity (Wildman–Crippen MR) is 92.0 cm³/mol. The Balaban J connectivity index is 1.70. The number of halogens is 1. The lowest BCUT2D eigenvalue weighted by atomic mass is 9.94. The standard InChI is InChI=1S/C19H27FN2O2/c1-15(23)22(18-5-3-2-4-6-18)14-12-19(24)21-13-11-16-7-9-17(20)10-8-16/h7-10,18H,2-6,11-14H2,1H3,(H,21,24). The fourth-order valence-corrected chi connectivity index (χ4v) is 3.30. The summed E-state index contributed by atoms with van der Waals surface area (Å²) in [6, 6.07) is 6.59. The van der Waals surface area contributed by atoms with Crippen LogP contribution in [0.2, 0.25) is 0 Å². The summed E-state index contributed by atoms with van der Waals surface area (Å²) in [6.07, 6.45) is 6.67. The summed E-state index contributed by atoms with van der Waals surface area (Å²) in [7, 11) is 0. The molecule has 0 heterocycles. The number of hydrogen-bond acceptors (Lipinski definition) is 2. The number of rotatable bonds is 7. The van der Waals surface area contributed by atoms with E-state index >= 15 is 0 Å². The highest BCUT2D eigenvalue weighted by Crippen LogP contribution is 2.22. The van der Waals surface area contributed by atoms with E-state index in [1.165, 1.54) is 18.6 Å². The van der Waals surface area contributed by atoms with Gasteiger partial charge in [0, 0.05) is 32.5 Å². The average molecular weight is 334 g/mol. The number of carbonyl (C=O) groups is 2. The maximum Gasteiger partial charge on any atom is 0.221 e. The van der Waals surface area contributed by atoms with Gasteiger partial charge in [-0.2, -0.15) is 0 Å². The molecular formula is C19H27FN2O2. The molecule has 0 aromatic heterocycles. The maximum absolute atomic E-state index is 12.8. The van der Waals surface area contributed by atoms with Crippen molar-refractivity contribution >= 4 is 11.8 Å². The largest absolute Gasteiger partial charge is 0.356 e. The third kappa shape index (κ3) is 5.95. The van der Waals surface area contributed by atoms with Gasteiger partial charge in [0.25, 0.3) is 0 Å². The van der Waals surface area contributed by atoms with Crippen LogP contribution in [0.25, 0.3) is 0 Å². The van der Waals surface area contributed by atoms with Crippen LogP contribution in [0.1, 0.15) is 51.0 Å². The van der Waals surface area contributed by atoms with Crippen LogP contribution >= 0.6 is 0 Å². The lowest BCUT2D eigenvalue weighted by molar-refractivity contribution is -0.132. The van der Waals surface area contributed by atoms with E-state index < -0.39 is 0 Å². The van der Waals surface area contributed by atoms with Crippen LogP contribution < -0.4 is 5.32 Å². The molecule has 0 unspecified atom stereocenters. The van der Waals surface area contributed by atoms with Crippen LogP contribution in [0.4, 0.5) is 4.39 Å². The first-order valence-corrected chi connectivity index (χ1v) is 8.84. The molecule has 2 amide bonds. The second-order valence-corrected chi connectivity index (χ2v) is 6.48. The van der Waals surface area contributed by atoms with Crippen LogP contribution in [0.15, 0.2) is 24.3 Å². The molecule has 5 heteroatoms. The van der Waals surface area contributed by atoms with Gasteiger partial charge < -0.3 is 10.2 Å². The maximum atomic E-state index is 12.8. The molecule has 1 N–H and O–H groups in total. The van der Waals surface area contributed by atoms with Gasteiger partial charge in [-0.05, 0) is 37.0 Å². The van der Waals surface area contributed by atoms with E-state index in [2.05, 4.69) is 5.32 Å². The number of amides is 2. The molecule has 1 saturated carbocycles. The molecule has 0 radical (unpaired) electrons. The van der Waals surface area contributed by atoms with E-state index in [1.54, 1.807) is 19.1 Å². The minimum absolute atomic E-state index is 0.0424. The van der Waals surface area contributed by atoms with E-state index in [0.29, 0.717) is 32.0 Å². The van der Waals surface area contributed by atoms with Gasteiger partial charge in [-0.1, -0.05) is 31.4 Å². The minimum Gasteiger partial charge on any atom is -0.356 e. The number of carbonyl (C=O) groups excluding carboxylic acids is 2. The summed E-state index contributed by atoms with van der Waals surface area (Å²) in [5, 5.41) is 2.87. The van der Waals surface area contributed by atoms with Gasteiger partial charge in [-0.3, -0.25) is 9.59 Å². The molecule has 1 aliphatic carbocycles. The van der Waals surface area contributed by atoms with Crippen molar-refractivity contribution in [2.24, 2.45) is 0 Å². The van der Waals surface area contributed by atoms with Crippen molar-refractivity contribution in [3.63, 3.8) is 0 Å². The quantitative estimate of drug-likeness (QED) is 0.833. The number of hydrogen-bond donors (Lipinski definition) is 1. The summed E-state index contributed by atoms with van der Waals surface area (Å²) in [5.74, 6) is -0.241. The highest BCUT2D eigenvalue weighted by Gasteiger charge is 2.23. The van der Waals surface area contributed by atoms with Gasteiger partial charge in [0.1, 0.15) is 5.82 Å². The monoisotopic (exact) mass is 334 g/mol. The molecule has 1 aromatic rings. The van der Waals surface area contributed by atoms with Crippen molar-refractivity contribution < 1.29 is 14.0 Å². The van der Waals surface area contributed by atoms with E-state index in [1.807, 2.05) is 4.90 Å². The Hall–Kier alpha value is -1.91. The molecular weight excluding hydrogens is 307 g/mol. The highest BCUT2D eigenvalue weighted by atomic mass is 19.1. The van der Waals surface area contributed by atoms with E-state index in [4.69, 9.17) is 0 Å². The summed E-state index contributed by atoms with van der Waals surface area (Å²) < 4.78 is 12.8. The highest BCUT2D eigenvalue weighted by molar-refractivity contribution is 5.78. The smallest absolute Gasteiger partial charge is 0.221 e. The fourth-order valence-electron chi connectivity index (χ4n) is 3.30. The predicted octanol–water partition coefficient (Wildman–Crippen LogP) is 3.06. The first-order chi connectivity index (χ1) is 11.6. The van der Waals surface area contributed by atoms with Crippen molar-refractivity contribution in [1.29, 1.82) is 0 Å². The van der Waals surface area contributed by atoms with Crippen LogP contribution in [-0.4, -0.2) is 35.8 Å². The third-order valence-electron chi connectivity index (χ3n) is 4.65. The Kier molecular flexibility index (Phi) is 7.22. The number of benzene rings is 1. The lowest BCUT2D eigenvalue weighted by Crippen LogP contribution is -2.42. The SMILES string of the molecule is CC(=O)N(CCC(=O)NCCc1ccc(F)cc1)C1CCCCC1. The zero-order chi connectivity index (χ0) is 17.4. The lowest BCUT2D eigenvalue weighted by Gasteiger charge is -2.33. The zero-order valence-electron chi connectivity index (χ0n) is 14.4. The molecule has 1 fully saturated rings. The second kappa shape index (κ2) is 9.40.